The molecule has 106 valence electrons. The van der Waals surface area contributed by atoms with Crippen LogP contribution in [-0.4, -0.2) is 25.7 Å². The second kappa shape index (κ2) is 5.49. The molecule has 1 atom stereocenters. The van der Waals surface area contributed by atoms with E-state index < -0.39 is 0 Å². The highest BCUT2D eigenvalue weighted by atomic mass is 19.1. The van der Waals surface area contributed by atoms with Crippen molar-refractivity contribution in [3.05, 3.63) is 29.6 Å². The Morgan fingerprint density at radius 3 is 2.68 bits per heavy atom. The zero-order valence-electron chi connectivity index (χ0n) is 12.5. The molecule has 0 spiro atoms. The highest BCUT2D eigenvalue weighted by molar-refractivity contribution is 5.49. The molecular formula is C16H25FN2. The quantitative estimate of drug-likeness (QED) is 0.837. The van der Waals surface area contributed by atoms with Gasteiger partial charge in [0.2, 0.25) is 0 Å². The first kappa shape index (κ1) is 14.3. The standard InChI is InChI=1S/C16H25FN2/c1-12-10-13(6-7-14(12)17)19-9-5-8-18-15(11-19)16(2,3)4/h6-7,10,15,18H,5,8-9,11H2,1-4H3. The van der Waals surface area contributed by atoms with E-state index in [-0.39, 0.29) is 11.2 Å². The summed E-state index contributed by atoms with van der Waals surface area (Å²) in [4.78, 5) is 2.38. The summed E-state index contributed by atoms with van der Waals surface area (Å²) < 4.78 is 13.4. The number of aryl methyl sites for hydroxylation is 1. The summed E-state index contributed by atoms with van der Waals surface area (Å²) in [6.45, 7) is 11.7. The smallest absolute Gasteiger partial charge is 0.126 e. The molecule has 0 aliphatic carbocycles. The van der Waals surface area contributed by atoms with Crippen LogP contribution in [-0.2, 0) is 0 Å². The van der Waals surface area contributed by atoms with E-state index in [1.54, 1.807) is 6.07 Å². The number of hydrogen-bond donors (Lipinski definition) is 1. The van der Waals surface area contributed by atoms with Crippen LogP contribution in [0.5, 0.6) is 0 Å². The highest BCUT2D eigenvalue weighted by Gasteiger charge is 2.28. The fraction of sp³-hybridized carbons (Fsp3) is 0.625. The summed E-state index contributed by atoms with van der Waals surface area (Å²) >= 11 is 0. The molecule has 1 aromatic rings. The van der Waals surface area contributed by atoms with E-state index in [1.807, 2.05) is 19.1 Å². The van der Waals surface area contributed by atoms with Gasteiger partial charge in [-0.2, -0.15) is 0 Å². The zero-order chi connectivity index (χ0) is 14.0. The average Bonchev–Trinajstić information content (AvgIpc) is 2.58. The van der Waals surface area contributed by atoms with Crippen molar-refractivity contribution in [3.8, 4) is 0 Å². The Balaban J connectivity index is 2.20. The monoisotopic (exact) mass is 264 g/mol. The summed E-state index contributed by atoms with van der Waals surface area (Å²) in [7, 11) is 0. The van der Waals surface area contributed by atoms with E-state index in [0.29, 0.717) is 6.04 Å². The summed E-state index contributed by atoms with van der Waals surface area (Å²) in [6, 6.07) is 5.89. The van der Waals surface area contributed by atoms with E-state index in [1.165, 1.54) is 0 Å². The predicted octanol–water partition coefficient (Wildman–Crippen LogP) is 3.35. The maximum absolute atomic E-state index is 13.4. The van der Waals surface area contributed by atoms with Crippen LogP contribution in [0.1, 0.15) is 32.8 Å². The van der Waals surface area contributed by atoms with Crippen LogP contribution >= 0.6 is 0 Å². The Labute approximate surface area is 116 Å². The maximum Gasteiger partial charge on any atom is 0.126 e. The van der Waals surface area contributed by atoms with E-state index in [0.717, 1.165) is 37.3 Å². The molecule has 1 aliphatic heterocycles. The molecule has 3 heteroatoms. The molecule has 1 heterocycles. The van der Waals surface area contributed by atoms with Gasteiger partial charge in [-0.25, -0.2) is 4.39 Å². The number of halogens is 1. The fourth-order valence-corrected chi connectivity index (χ4v) is 2.56. The number of nitrogens with one attached hydrogen (secondary N) is 1. The Morgan fingerprint density at radius 1 is 1.32 bits per heavy atom. The van der Waals surface area contributed by atoms with Gasteiger partial charge >= 0.3 is 0 Å². The van der Waals surface area contributed by atoms with E-state index in [2.05, 4.69) is 31.0 Å². The molecule has 0 aromatic heterocycles. The van der Waals surface area contributed by atoms with Crippen molar-refractivity contribution < 1.29 is 4.39 Å². The second-order valence-corrected chi connectivity index (χ2v) is 6.61. The first-order valence-electron chi connectivity index (χ1n) is 7.12. The third-order valence-corrected chi connectivity index (χ3v) is 3.95. The minimum absolute atomic E-state index is 0.121. The molecule has 1 aromatic carbocycles. The number of nitrogens with zero attached hydrogens (tertiary/aromatic N) is 1. The van der Waals surface area contributed by atoms with Crippen LogP contribution in [0, 0.1) is 18.2 Å². The lowest BCUT2D eigenvalue weighted by molar-refractivity contribution is 0.280. The van der Waals surface area contributed by atoms with Gasteiger partial charge < -0.3 is 10.2 Å². The number of anilines is 1. The highest BCUT2D eigenvalue weighted by Crippen LogP contribution is 2.25. The van der Waals surface area contributed by atoms with Crippen molar-refractivity contribution in [1.82, 2.24) is 5.32 Å². The molecule has 0 bridgehead atoms. The Hall–Kier alpha value is -1.09. The summed E-state index contributed by atoms with van der Waals surface area (Å²) in [6.07, 6.45) is 1.13. The fourth-order valence-electron chi connectivity index (χ4n) is 2.56. The van der Waals surface area contributed by atoms with Crippen molar-refractivity contribution in [2.24, 2.45) is 5.41 Å². The van der Waals surface area contributed by atoms with Crippen molar-refractivity contribution in [3.63, 3.8) is 0 Å². The minimum Gasteiger partial charge on any atom is -0.370 e. The molecule has 0 radical (unpaired) electrons. The molecule has 0 amide bonds. The van der Waals surface area contributed by atoms with Crippen LogP contribution in [0.4, 0.5) is 10.1 Å². The Bertz CT molecular complexity index is 437. The Morgan fingerprint density at radius 2 is 2.05 bits per heavy atom. The first-order chi connectivity index (χ1) is 8.88. The van der Waals surface area contributed by atoms with Gasteiger partial charge in [0, 0.05) is 24.8 Å². The minimum atomic E-state index is -0.121. The van der Waals surface area contributed by atoms with Gasteiger partial charge in [-0.05, 0) is 49.1 Å². The third kappa shape index (κ3) is 3.47. The molecular weight excluding hydrogens is 239 g/mol. The molecule has 1 unspecified atom stereocenters. The van der Waals surface area contributed by atoms with Crippen LogP contribution in [0.15, 0.2) is 18.2 Å². The SMILES string of the molecule is Cc1cc(N2CCCNC(C(C)(C)C)C2)ccc1F. The maximum atomic E-state index is 13.4. The molecule has 2 nitrogen and oxygen atoms in total. The molecule has 19 heavy (non-hydrogen) atoms. The van der Waals surface area contributed by atoms with Crippen molar-refractivity contribution in [1.29, 1.82) is 0 Å². The van der Waals surface area contributed by atoms with Crippen LogP contribution < -0.4 is 10.2 Å². The lowest BCUT2D eigenvalue weighted by Gasteiger charge is -2.34. The summed E-state index contributed by atoms with van der Waals surface area (Å²) in [5.74, 6) is -0.121. The van der Waals surface area contributed by atoms with Gasteiger partial charge in [0.15, 0.2) is 0 Å². The van der Waals surface area contributed by atoms with E-state index >= 15 is 0 Å². The number of rotatable bonds is 1. The topological polar surface area (TPSA) is 15.3 Å². The van der Waals surface area contributed by atoms with Gasteiger partial charge in [-0.1, -0.05) is 20.8 Å². The van der Waals surface area contributed by atoms with Gasteiger partial charge in [0.05, 0.1) is 0 Å². The molecule has 0 saturated carbocycles. The van der Waals surface area contributed by atoms with Crippen molar-refractivity contribution in [2.45, 2.75) is 40.2 Å². The van der Waals surface area contributed by atoms with Gasteiger partial charge in [-0.15, -0.1) is 0 Å². The zero-order valence-corrected chi connectivity index (χ0v) is 12.5. The molecule has 1 fully saturated rings. The normalized spacial score (nSPS) is 21.3. The lowest BCUT2D eigenvalue weighted by atomic mass is 9.86. The van der Waals surface area contributed by atoms with Crippen LogP contribution in [0.2, 0.25) is 0 Å². The second-order valence-electron chi connectivity index (χ2n) is 6.61. The first-order valence-corrected chi connectivity index (χ1v) is 7.12. The van der Waals surface area contributed by atoms with Crippen LogP contribution in [0.25, 0.3) is 0 Å². The molecule has 2 rings (SSSR count). The lowest BCUT2D eigenvalue weighted by Crippen LogP contribution is -2.46. The molecule has 1 aliphatic rings. The van der Waals surface area contributed by atoms with Crippen molar-refractivity contribution in [2.75, 3.05) is 24.5 Å². The molecule has 1 saturated heterocycles. The van der Waals surface area contributed by atoms with Gasteiger partial charge in [-0.3, -0.25) is 0 Å². The largest absolute Gasteiger partial charge is 0.370 e. The summed E-state index contributed by atoms with van der Waals surface area (Å²) in [5.41, 5.74) is 2.09. The van der Waals surface area contributed by atoms with Gasteiger partial charge in [0.1, 0.15) is 5.82 Å². The van der Waals surface area contributed by atoms with Crippen molar-refractivity contribution >= 4 is 5.69 Å². The average molecular weight is 264 g/mol. The summed E-state index contributed by atoms with van der Waals surface area (Å²) in [5, 5.41) is 3.63. The van der Waals surface area contributed by atoms with E-state index in [9.17, 15) is 4.39 Å². The number of benzene rings is 1. The van der Waals surface area contributed by atoms with Crippen LogP contribution in [0.3, 0.4) is 0 Å². The van der Waals surface area contributed by atoms with Gasteiger partial charge in [0.25, 0.3) is 0 Å². The predicted molar refractivity (Wildman–Crippen MR) is 79.2 cm³/mol. The Kier molecular flexibility index (Phi) is 4.14. The number of hydrogen-bond acceptors (Lipinski definition) is 2. The van der Waals surface area contributed by atoms with E-state index in [4.69, 9.17) is 0 Å². The third-order valence-electron chi connectivity index (χ3n) is 3.95. The molecule has 1 N–H and O–H groups in total.